The van der Waals surface area contributed by atoms with Crippen LogP contribution in [0.5, 0.6) is 0 Å². The number of hydrogen-bond donors (Lipinski definition) is 0. The highest BCUT2D eigenvalue weighted by Gasteiger charge is 2.31. The van der Waals surface area contributed by atoms with Crippen molar-refractivity contribution >= 4 is 21.6 Å². The number of pyridine rings is 1. The lowest BCUT2D eigenvalue weighted by Gasteiger charge is -2.22. The lowest BCUT2D eigenvalue weighted by atomic mass is 10.3. The molecule has 7 heteroatoms. The van der Waals surface area contributed by atoms with E-state index in [1.807, 2.05) is 0 Å². The van der Waals surface area contributed by atoms with E-state index in [-0.39, 0.29) is 16.0 Å². The Labute approximate surface area is 105 Å². The molecule has 0 saturated carbocycles. The summed E-state index contributed by atoms with van der Waals surface area (Å²) in [5, 5.41) is 0.186. The number of halogens is 1. The Kier molecular flexibility index (Phi) is 3.67. The van der Waals surface area contributed by atoms with E-state index in [4.69, 9.17) is 16.3 Å². The molecule has 0 radical (unpaired) electrons. The molecule has 1 unspecified atom stereocenters. The van der Waals surface area contributed by atoms with E-state index in [2.05, 4.69) is 4.98 Å². The van der Waals surface area contributed by atoms with Gasteiger partial charge < -0.3 is 4.74 Å². The molecule has 1 aliphatic heterocycles. The average molecular weight is 277 g/mol. The molecule has 2 rings (SSSR count). The van der Waals surface area contributed by atoms with Crippen LogP contribution in [-0.4, -0.2) is 44.0 Å². The van der Waals surface area contributed by atoms with Crippen molar-refractivity contribution in [2.24, 2.45) is 0 Å². The molecule has 0 aromatic carbocycles. The van der Waals surface area contributed by atoms with Crippen LogP contribution in [0.4, 0.5) is 0 Å². The van der Waals surface area contributed by atoms with Crippen molar-refractivity contribution in [3.63, 3.8) is 0 Å². The third kappa shape index (κ3) is 2.44. The third-order valence-corrected chi connectivity index (χ3v) is 5.19. The normalized spacial score (nSPS) is 21.0. The van der Waals surface area contributed by atoms with Gasteiger partial charge in [-0.15, -0.1) is 0 Å². The first-order chi connectivity index (χ1) is 8.03. The zero-order valence-corrected chi connectivity index (χ0v) is 10.9. The summed E-state index contributed by atoms with van der Waals surface area (Å²) < 4.78 is 31.1. The highest BCUT2D eigenvalue weighted by Crippen LogP contribution is 2.25. The van der Waals surface area contributed by atoms with Gasteiger partial charge in [0.05, 0.1) is 17.7 Å². The standard InChI is InChI=1S/C10H13ClN2O3S/c1-13(8-3-5-16-7-8)17(14,15)10-6-12-4-2-9(10)11/h2,4,6,8H,3,5,7H2,1H3. The van der Waals surface area contributed by atoms with E-state index in [9.17, 15) is 8.42 Å². The van der Waals surface area contributed by atoms with E-state index >= 15 is 0 Å². The Morgan fingerprint density at radius 3 is 2.94 bits per heavy atom. The molecule has 0 amide bonds. The van der Waals surface area contributed by atoms with Crippen molar-refractivity contribution in [1.82, 2.24) is 9.29 Å². The van der Waals surface area contributed by atoms with Gasteiger partial charge in [0.1, 0.15) is 4.90 Å². The van der Waals surface area contributed by atoms with Crippen LogP contribution in [0.1, 0.15) is 6.42 Å². The van der Waals surface area contributed by atoms with Gasteiger partial charge in [-0.05, 0) is 12.5 Å². The summed E-state index contributed by atoms with van der Waals surface area (Å²) in [6.45, 7) is 1.01. The second-order valence-corrected chi connectivity index (χ2v) is 6.22. The van der Waals surface area contributed by atoms with E-state index in [0.717, 1.165) is 0 Å². The number of hydrogen-bond acceptors (Lipinski definition) is 4. The van der Waals surface area contributed by atoms with Crippen LogP contribution in [-0.2, 0) is 14.8 Å². The van der Waals surface area contributed by atoms with Gasteiger partial charge in [0.25, 0.3) is 0 Å². The first-order valence-electron chi connectivity index (χ1n) is 5.19. The zero-order chi connectivity index (χ0) is 12.5. The van der Waals surface area contributed by atoms with Crippen LogP contribution in [0.3, 0.4) is 0 Å². The van der Waals surface area contributed by atoms with Crippen molar-refractivity contribution < 1.29 is 13.2 Å². The molecule has 0 spiro atoms. The van der Waals surface area contributed by atoms with Crippen molar-refractivity contribution in [3.05, 3.63) is 23.5 Å². The third-order valence-electron chi connectivity index (χ3n) is 2.81. The van der Waals surface area contributed by atoms with Gasteiger partial charge in [0.2, 0.25) is 10.0 Å². The summed E-state index contributed by atoms with van der Waals surface area (Å²) in [5.74, 6) is 0. The number of nitrogens with zero attached hydrogens (tertiary/aromatic N) is 2. The van der Waals surface area contributed by atoms with Gasteiger partial charge in [0.15, 0.2) is 0 Å². The van der Waals surface area contributed by atoms with Crippen LogP contribution in [0, 0.1) is 0 Å². The molecule has 1 aromatic heterocycles. The van der Waals surface area contributed by atoms with Gasteiger partial charge in [0, 0.05) is 26.0 Å². The molecule has 0 N–H and O–H groups in total. The Morgan fingerprint density at radius 2 is 2.35 bits per heavy atom. The van der Waals surface area contributed by atoms with E-state index in [1.165, 1.54) is 29.8 Å². The Morgan fingerprint density at radius 1 is 1.59 bits per heavy atom. The molecular formula is C10H13ClN2O3S. The summed E-state index contributed by atoms with van der Waals surface area (Å²) in [4.78, 5) is 3.84. The summed E-state index contributed by atoms with van der Waals surface area (Å²) in [7, 11) is -2.05. The predicted octanol–water partition coefficient (Wildman–Crippen LogP) is 1.14. The monoisotopic (exact) mass is 276 g/mol. The molecule has 17 heavy (non-hydrogen) atoms. The van der Waals surface area contributed by atoms with Gasteiger partial charge >= 0.3 is 0 Å². The van der Waals surface area contributed by atoms with E-state index in [0.29, 0.717) is 19.6 Å². The maximum atomic E-state index is 12.3. The largest absolute Gasteiger partial charge is 0.380 e. The maximum Gasteiger partial charge on any atom is 0.246 e. The SMILES string of the molecule is CN(C1CCOC1)S(=O)(=O)c1cnccc1Cl. The number of ether oxygens (including phenoxy) is 1. The number of aromatic nitrogens is 1. The first-order valence-corrected chi connectivity index (χ1v) is 7.00. The zero-order valence-electron chi connectivity index (χ0n) is 9.34. The smallest absolute Gasteiger partial charge is 0.246 e. The second kappa shape index (κ2) is 4.89. The minimum absolute atomic E-state index is 0.0380. The van der Waals surface area contributed by atoms with Gasteiger partial charge in [-0.3, -0.25) is 4.98 Å². The summed E-state index contributed by atoms with van der Waals surface area (Å²) >= 11 is 5.88. The molecule has 2 heterocycles. The minimum Gasteiger partial charge on any atom is -0.380 e. The van der Waals surface area contributed by atoms with Gasteiger partial charge in [-0.1, -0.05) is 11.6 Å². The van der Waals surface area contributed by atoms with E-state index in [1.54, 1.807) is 0 Å². The number of sulfonamides is 1. The molecule has 94 valence electrons. The Bertz CT molecular complexity index is 500. The molecular weight excluding hydrogens is 264 g/mol. The highest BCUT2D eigenvalue weighted by atomic mass is 35.5. The van der Waals surface area contributed by atoms with Crippen LogP contribution < -0.4 is 0 Å². The van der Waals surface area contributed by atoms with Crippen LogP contribution in [0.15, 0.2) is 23.4 Å². The van der Waals surface area contributed by atoms with Gasteiger partial charge in [-0.25, -0.2) is 8.42 Å². The summed E-state index contributed by atoms with van der Waals surface area (Å²) in [5.41, 5.74) is 0. The second-order valence-electron chi connectivity index (χ2n) is 3.84. The quantitative estimate of drug-likeness (QED) is 0.831. The molecule has 1 fully saturated rings. The molecule has 1 aromatic rings. The molecule has 5 nitrogen and oxygen atoms in total. The number of likely N-dealkylation sites (N-methyl/N-ethyl adjacent to an activating group) is 1. The maximum absolute atomic E-state index is 12.3. The van der Waals surface area contributed by atoms with Crippen LogP contribution >= 0.6 is 11.6 Å². The fraction of sp³-hybridized carbons (Fsp3) is 0.500. The average Bonchev–Trinajstić information content (AvgIpc) is 2.81. The molecule has 1 atom stereocenters. The summed E-state index contributed by atoms with van der Waals surface area (Å²) in [6, 6.07) is 1.34. The minimum atomic E-state index is -3.59. The Hall–Kier alpha value is -0.690. The van der Waals surface area contributed by atoms with Crippen molar-refractivity contribution in [2.75, 3.05) is 20.3 Å². The summed E-state index contributed by atoms with van der Waals surface area (Å²) in [6.07, 6.45) is 3.43. The first kappa shape index (κ1) is 12.8. The lowest BCUT2D eigenvalue weighted by molar-refractivity contribution is 0.181. The fourth-order valence-electron chi connectivity index (χ4n) is 1.71. The topological polar surface area (TPSA) is 59.5 Å². The van der Waals surface area contributed by atoms with E-state index < -0.39 is 10.0 Å². The lowest BCUT2D eigenvalue weighted by Crippen LogP contribution is -2.37. The van der Waals surface area contributed by atoms with Crippen molar-refractivity contribution in [3.8, 4) is 0 Å². The van der Waals surface area contributed by atoms with Crippen LogP contribution in [0.2, 0.25) is 5.02 Å². The number of rotatable bonds is 3. The predicted molar refractivity (Wildman–Crippen MR) is 63.4 cm³/mol. The Balaban J connectivity index is 2.33. The molecule has 0 aliphatic carbocycles. The molecule has 1 saturated heterocycles. The van der Waals surface area contributed by atoms with Crippen molar-refractivity contribution in [1.29, 1.82) is 0 Å². The van der Waals surface area contributed by atoms with Crippen LogP contribution in [0.25, 0.3) is 0 Å². The highest BCUT2D eigenvalue weighted by molar-refractivity contribution is 7.89. The molecule has 0 bridgehead atoms. The van der Waals surface area contributed by atoms with Gasteiger partial charge in [-0.2, -0.15) is 4.31 Å². The fourth-order valence-corrected chi connectivity index (χ4v) is 3.49. The van der Waals surface area contributed by atoms with Crippen molar-refractivity contribution in [2.45, 2.75) is 17.4 Å². The molecule has 1 aliphatic rings.